The number of ether oxygens (including phenoxy) is 2. The van der Waals surface area contributed by atoms with Gasteiger partial charge in [-0.1, -0.05) is 13.8 Å². The molecule has 0 heterocycles. The standard InChI is InChI=1S/C15H20FNO3/c1-9(2)15(18)8-19-12-3-10(16)4-13(7-12)20-14-5-11(17)6-14/h3-4,7,9,11,14H,5-6,8,17H2,1-2H3. The van der Waals surface area contributed by atoms with Crippen molar-refractivity contribution < 1.29 is 18.7 Å². The molecule has 0 atom stereocenters. The molecule has 0 unspecified atom stereocenters. The lowest BCUT2D eigenvalue weighted by atomic mass is 9.90. The van der Waals surface area contributed by atoms with Gasteiger partial charge in [0.05, 0.1) is 0 Å². The molecule has 1 aromatic rings. The molecule has 110 valence electrons. The van der Waals surface area contributed by atoms with Crippen LogP contribution in [0.1, 0.15) is 26.7 Å². The fourth-order valence-corrected chi connectivity index (χ4v) is 1.90. The third kappa shape index (κ3) is 3.93. The van der Waals surface area contributed by atoms with E-state index < -0.39 is 5.82 Å². The summed E-state index contributed by atoms with van der Waals surface area (Å²) in [6, 6.07) is 4.32. The van der Waals surface area contributed by atoms with Crippen molar-refractivity contribution in [3.05, 3.63) is 24.0 Å². The average Bonchev–Trinajstić information content (AvgIpc) is 2.33. The molecule has 1 aromatic carbocycles. The zero-order chi connectivity index (χ0) is 14.7. The molecular formula is C15H20FNO3. The van der Waals surface area contributed by atoms with Crippen molar-refractivity contribution in [3.8, 4) is 11.5 Å². The van der Waals surface area contributed by atoms with Crippen molar-refractivity contribution in [2.45, 2.75) is 38.8 Å². The summed E-state index contributed by atoms with van der Waals surface area (Å²) in [5.74, 6) is 0.141. The largest absolute Gasteiger partial charge is 0.490 e. The molecule has 1 aliphatic rings. The number of hydrogen-bond donors (Lipinski definition) is 1. The number of carbonyl (C=O) groups excluding carboxylic acids is 1. The Balaban J connectivity index is 1.95. The van der Waals surface area contributed by atoms with E-state index in [9.17, 15) is 9.18 Å². The van der Waals surface area contributed by atoms with Crippen LogP contribution in [0.25, 0.3) is 0 Å². The predicted octanol–water partition coefficient (Wildman–Crippen LogP) is 2.30. The molecule has 0 spiro atoms. The van der Waals surface area contributed by atoms with Crippen LogP contribution in [0.4, 0.5) is 4.39 Å². The summed E-state index contributed by atoms with van der Waals surface area (Å²) in [6.45, 7) is 3.53. The van der Waals surface area contributed by atoms with E-state index >= 15 is 0 Å². The highest BCUT2D eigenvalue weighted by Crippen LogP contribution is 2.28. The lowest BCUT2D eigenvalue weighted by Gasteiger charge is -2.32. The summed E-state index contributed by atoms with van der Waals surface area (Å²) < 4.78 is 24.4. The molecule has 1 fully saturated rings. The number of halogens is 1. The zero-order valence-corrected chi connectivity index (χ0v) is 11.8. The number of rotatable bonds is 6. The van der Waals surface area contributed by atoms with Crippen molar-refractivity contribution in [2.75, 3.05) is 6.61 Å². The molecule has 0 amide bonds. The second kappa shape index (κ2) is 6.22. The maximum absolute atomic E-state index is 13.5. The highest BCUT2D eigenvalue weighted by Gasteiger charge is 2.27. The second-order valence-electron chi connectivity index (χ2n) is 5.50. The molecular weight excluding hydrogens is 261 g/mol. The minimum absolute atomic E-state index is 0.0262. The van der Waals surface area contributed by atoms with Gasteiger partial charge in [-0.3, -0.25) is 4.79 Å². The Morgan fingerprint density at radius 1 is 1.35 bits per heavy atom. The molecule has 0 aliphatic heterocycles. The quantitative estimate of drug-likeness (QED) is 0.869. The van der Waals surface area contributed by atoms with Crippen LogP contribution in [0.15, 0.2) is 18.2 Å². The van der Waals surface area contributed by atoms with Crippen molar-refractivity contribution in [2.24, 2.45) is 11.7 Å². The molecule has 0 bridgehead atoms. The first-order chi connectivity index (χ1) is 9.44. The van der Waals surface area contributed by atoms with Gasteiger partial charge in [-0.2, -0.15) is 0 Å². The smallest absolute Gasteiger partial charge is 0.172 e. The first-order valence-corrected chi connectivity index (χ1v) is 6.82. The van der Waals surface area contributed by atoms with E-state index in [-0.39, 0.29) is 30.5 Å². The molecule has 1 saturated carbocycles. The molecule has 0 radical (unpaired) electrons. The molecule has 5 heteroatoms. The van der Waals surface area contributed by atoms with Crippen LogP contribution < -0.4 is 15.2 Å². The molecule has 1 aliphatic carbocycles. The zero-order valence-electron chi connectivity index (χ0n) is 11.8. The van der Waals surface area contributed by atoms with Gasteiger partial charge in [-0.15, -0.1) is 0 Å². The Labute approximate surface area is 118 Å². The van der Waals surface area contributed by atoms with E-state index in [1.165, 1.54) is 12.1 Å². The summed E-state index contributed by atoms with van der Waals surface area (Å²) in [6.07, 6.45) is 1.59. The highest BCUT2D eigenvalue weighted by molar-refractivity contribution is 5.81. The van der Waals surface area contributed by atoms with Crippen LogP contribution in [-0.4, -0.2) is 24.5 Å². The van der Waals surface area contributed by atoms with Gasteiger partial charge in [-0.05, 0) is 12.8 Å². The number of Topliss-reactive ketones (excluding diaryl/α,β-unsaturated/α-hetero) is 1. The van der Waals surface area contributed by atoms with E-state index in [4.69, 9.17) is 15.2 Å². The lowest BCUT2D eigenvalue weighted by Crippen LogP contribution is -2.43. The van der Waals surface area contributed by atoms with Crippen molar-refractivity contribution in [1.29, 1.82) is 0 Å². The molecule has 2 N–H and O–H groups in total. The summed E-state index contributed by atoms with van der Waals surface area (Å²) in [5, 5.41) is 0. The van der Waals surface area contributed by atoms with E-state index in [0.717, 1.165) is 12.8 Å². The SMILES string of the molecule is CC(C)C(=O)COc1cc(F)cc(OC2CC(N)C2)c1. The monoisotopic (exact) mass is 281 g/mol. The van der Waals surface area contributed by atoms with Gasteiger partial charge in [0.2, 0.25) is 0 Å². The molecule has 0 aromatic heterocycles. The van der Waals surface area contributed by atoms with E-state index in [0.29, 0.717) is 11.5 Å². The van der Waals surface area contributed by atoms with Crippen LogP contribution >= 0.6 is 0 Å². The van der Waals surface area contributed by atoms with Gasteiger partial charge in [-0.25, -0.2) is 4.39 Å². The van der Waals surface area contributed by atoms with Crippen LogP contribution in [-0.2, 0) is 4.79 Å². The van der Waals surface area contributed by atoms with Crippen molar-refractivity contribution in [3.63, 3.8) is 0 Å². The van der Waals surface area contributed by atoms with Gasteiger partial charge >= 0.3 is 0 Å². The van der Waals surface area contributed by atoms with Gasteiger partial charge in [0.1, 0.15) is 30.0 Å². The topological polar surface area (TPSA) is 61.5 Å². The van der Waals surface area contributed by atoms with E-state index in [1.807, 2.05) is 0 Å². The maximum Gasteiger partial charge on any atom is 0.172 e. The Morgan fingerprint density at radius 2 is 2.00 bits per heavy atom. The predicted molar refractivity (Wildman–Crippen MR) is 73.4 cm³/mol. The first-order valence-electron chi connectivity index (χ1n) is 6.82. The van der Waals surface area contributed by atoms with Crippen molar-refractivity contribution in [1.82, 2.24) is 0 Å². The normalized spacial score (nSPS) is 21.4. The molecule has 0 saturated heterocycles. The molecule has 4 nitrogen and oxygen atoms in total. The van der Waals surface area contributed by atoms with Crippen LogP contribution in [0.5, 0.6) is 11.5 Å². The number of ketones is 1. The van der Waals surface area contributed by atoms with Crippen LogP contribution in [0.3, 0.4) is 0 Å². The van der Waals surface area contributed by atoms with Gasteiger partial charge in [0, 0.05) is 30.2 Å². The summed E-state index contributed by atoms with van der Waals surface area (Å²) in [7, 11) is 0. The summed E-state index contributed by atoms with van der Waals surface area (Å²) in [4.78, 5) is 11.5. The van der Waals surface area contributed by atoms with Crippen LogP contribution in [0, 0.1) is 11.7 Å². The van der Waals surface area contributed by atoms with Gasteiger partial charge in [0.25, 0.3) is 0 Å². The minimum atomic E-state index is -0.446. The van der Waals surface area contributed by atoms with Crippen LogP contribution in [0.2, 0.25) is 0 Å². The Morgan fingerprint density at radius 3 is 2.60 bits per heavy atom. The third-order valence-corrected chi connectivity index (χ3v) is 3.30. The van der Waals surface area contributed by atoms with E-state index in [1.54, 1.807) is 19.9 Å². The number of carbonyl (C=O) groups is 1. The number of benzene rings is 1. The van der Waals surface area contributed by atoms with Gasteiger partial charge in [0.15, 0.2) is 5.78 Å². The molecule has 2 rings (SSSR count). The van der Waals surface area contributed by atoms with E-state index in [2.05, 4.69) is 0 Å². The fraction of sp³-hybridized carbons (Fsp3) is 0.533. The van der Waals surface area contributed by atoms with Gasteiger partial charge < -0.3 is 15.2 Å². The lowest BCUT2D eigenvalue weighted by molar-refractivity contribution is -0.123. The Bertz CT molecular complexity index is 484. The minimum Gasteiger partial charge on any atom is -0.490 e. The highest BCUT2D eigenvalue weighted by atomic mass is 19.1. The fourth-order valence-electron chi connectivity index (χ4n) is 1.90. The Hall–Kier alpha value is -1.62. The molecule has 20 heavy (non-hydrogen) atoms. The number of nitrogens with two attached hydrogens (primary N) is 1. The van der Waals surface area contributed by atoms with Crippen molar-refractivity contribution >= 4 is 5.78 Å². The summed E-state index contributed by atoms with van der Waals surface area (Å²) >= 11 is 0. The number of hydrogen-bond acceptors (Lipinski definition) is 4. The third-order valence-electron chi connectivity index (χ3n) is 3.30. The first kappa shape index (κ1) is 14.8. The maximum atomic E-state index is 13.5. The average molecular weight is 281 g/mol. The summed E-state index contributed by atoms with van der Waals surface area (Å²) in [5.41, 5.74) is 5.68. The Kier molecular flexibility index (Phi) is 4.60. The second-order valence-corrected chi connectivity index (χ2v) is 5.50.